The zero-order valence-corrected chi connectivity index (χ0v) is 19.1. The van der Waals surface area contributed by atoms with Crippen molar-refractivity contribution in [3.05, 3.63) is 69.8 Å². The van der Waals surface area contributed by atoms with Gasteiger partial charge in [-0.05, 0) is 110 Å². The van der Waals surface area contributed by atoms with Crippen LogP contribution in [0, 0.1) is 3.57 Å². The van der Waals surface area contributed by atoms with Crippen LogP contribution in [0.3, 0.4) is 0 Å². The van der Waals surface area contributed by atoms with Crippen LogP contribution in [0.5, 0.6) is 11.5 Å². The molecule has 0 aliphatic heterocycles. The molecule has 0 unspecified atom stereocenters. The highest BCUT2D eigenvalue weighted by Gasteiger charge is 2.04. The van der Waals surface area contributed by atoms with Gasteiger partial charge in [0.1, 0.15) is 11.5 Å². The maximum absolute atomic E-state index is 11.4. The van der Waals surface area contributed by atoms with Crippen LogP contribution in [0.1, 0.15) is 48.9 Å². The molecule has 0 saturated carbocycles. The van der Waals surface area contributed by atoms with E-state index in [1.165, 1.54) is 23.5 Å². The fourth-order valence-electron chi connectivity index (χ4n) is 2.69. The van der Waals surface area contributed by atoms with Crippen LogP contribution in [0.25, 0.3) is 0 Å². The SMILES string of the molecule is COC(=O)c1ccc(OCCC/C=C\CCCCCOc2ccc(I)cc2)cc1. The highest BCUT2D eigenvalue weighted by Crippen LogP contribution is 2.15. The minimum absolute atomic E-state index is 0.333. The first-order chi connectivity index (χ1) is 14.2. The summed E-state index contributed by atoms with van der Waals surface area (Å²) in [5.74, 6) is 1.39. The Morgan fingerprint density at radius 2 is 1.34 bits per heavy atom. The van der Waals surface area contributed by atoms with Crippen LogP contribution in [0.2, 0.25) is 0 Å². The van der Waals surface area contributed by atoms with Crippen molar-refractivity contribution in [3.8, 4) is 11.5 Å². The third-order valence-electron chi connectivity index (χ3n) is 4.32. The molecule has 0 aromatic heterocycles. The van der Waals surface area contributed by atoms with E-state index in [0.29, 0.717) is 12.2 Å². The third kappa shape index (κ3) is 9.83. The molecule has 2 aromatic rings. The molecule has 4 nitrogen and oxygen atoms in total. The molecule has 29 heavy (non-hydrogen) atoms. The van der Waals surface area contributed by atoms with Crippen molar-refractivity contribution in [3.63, 3.8) is 0 Å². The van der Waals surface area contributed by atoms with Gasteiger partial charge in [0.25, 0.3) is 0 Å². The van der Waals surface area contributed by atoms with E-state index in [4.69, 9.17) is 9.47 Å². The lowest BCUT2D eigenvalue weighted by molar-refractivity contribution is 0.0600. The van der Waals surface area contributed by atoms with Gasteiger partial charge in [0.2, 0.25) is 0 Å². The first-order valence-corrected chi connectivity index (χ1v) is 11.1. The molecule has 0 spiro atoms. The Morgan fingerprint density at radius 1 is 0.793 bits per heavy atom. The molecule has 5 heteroatoms. The van der Waals surface area contributed by atoms with Gasteiger partial charge < -0.3 is 14.2 Å². The molecule has 0 atom stereocenters. The second kappa shape index (κ2) is 14.0. The standard InChI is InChI=1S/C24H29IO4/c1-27-24(26)20-10-14-22(15-11-20)28-18-8-6-4-2-3-5-7-9-19-29-23-16-12-21(25)13-17-23/h2,4,10-17H,3,5-9,18-19H2,1H3/b4-2-. The van der Waals surface area contributed by atoms with Crippen molar-refractivity contribution in [2.24, 2.45) is 0 Å². The number of unbranched alkanes of at least 4 members (excludes halogenated alkanes) is 4. The molecule has 0 aliphatic carbocycles. The quantitative estimate of drug-likeness (QED) is 0.135. The number of carbonyl (C=O) groups is 1. The molecule has 0 heterocycles. The summed E-state index contributed by atoms with van der Waals surface area (Å²) in [6.07, 6.45) is 11.0. The van der Waals surface area contributed by atoms with E-state index in [2.05, 4.69) is 51.6 Å². The van der Waals surface area contributed by atoms with Gasteiger partial charge in [-0.3, -0.25) is 0 Å². The number of ether oxygens (including phenoxy) is 3. The fraction of sp³-hybridized carbons (Fsp3) is 0.375. The molecule has 2 aromatic carbocycles. The Bertz CT molecular complexity index is 738. The van der Waals surface area contributed by atoms with E-state index in [-0.39, 0.29) is 5.97 Å². The summed E-state index contributed by atoms with van der Waals surface area (Å²) >= 11 is 2.29. The summed E-state index contributed by atoms with van der Waals surface area (Å²) < 4.78 is 17.3. The van der Waals surface area contributed by atoms with Crippen molar-refractivity contribution in [2.75, 3.05) is 20.3 Å². The molecule has 0 N–H and O–H groups in total. The van der Waals surface area contributed by atoms with Gasteiger partial charge in [0, 0.05) is 3.57 Å². The van der Waals surface area contributed by atoms with E-state index in [1.54, 1.807) is 24.3 Å². The van der Waals surface area contributed by atoms with Crippen molar-refractivity contribution < 1.29 is 19.0 Å². The predicted molar refractivity (Wildman–Crippen MR) is 125 cm³/mol. The number of carbonyl (C=O) groups excluding carboxylic acids is 1. The summed E-state index contributed by atoms with van der Waals surface area (Å²) in [6, 6.07) is 15.2. The Labute approximate surface area is 187 Å². The van der Waals surface area contributed by atoms with E-state index < -0.39 is 0 Å². The van der Waals surface area contributed by atoms with Gasteiger partial charge in [0.15, 0.2) is 0 Å². The van der Waals surface area contributed by atoms with Gasteiger partial charge in [-0.15, -0.1) is 0 Å². The molecular weight excluding hydrogens is 479 g/mol. The van der Waals surface area contributed by atoms with Gasteiger partial charge in [-0.1, -0.05) is 12.2 Å². The fourth-order valence-corrected chi connectivity index (χ4v) is 3.05. The van der Waals surface area contributed by atoms with Crippen LogP contribution >= 0.6 is 22.6 Å². The number of benzene rings is 2. The topological polar surface area (TPSA) is 44.8 Å². The normalized spacial score (nSPS) is 10.8. The number of halogens is 1. The smallest absolute Gasteiger partial charge is 0.337 e. The second-order valence-corrected chi connectivity index (χ2v) is 7.88. The molecule has 0 amide bonds. The Balaban J connectivity index is 1.43. The maximum atomic E-state index is 11.4. The summed E-state index contributed by atoms with van der Waals surface area (Å²) in [6.45, 7) is 1.44. The lowest BCUT2D eigenvalue weighted by atomic mass is 10.2. The number of rotatable bonds is 13. The van der Waals surface area contributed by atoms with Crippen molar-refractivity contribution in [1.29, 1.82) is 0 Å². The number of hydrogen-bond acceptors (Lipinski definition) is 4. The van der Waals surface area contributed by atoms with E-state index >= 15 is 0 Å². The van der Waals surface area contributed by atoms with Gasteiger partial charge in [-0.2, -0.15) is 0 Å². The average molecular weight is 508 g/mol. The number of allylic oxidation sites excluding steroid dienone is 2. The van der Waals surface area contributed by atoms with Crippen LogP contribution < -0.4 is 9.47 Å². The summed E-state index contributed by atoms with van der Waals surface area (Å²) in [4.78, 5) is 11.4. The molecule has 156 valence electrons. The van der Waals surface area contributed by atoms with Crippen molar-refractivity contribution in [2.45, 2.75) is 38.5 Å². The molecular formula is C24H29IO4. The van der Waals surface area contributed by atoms with Crippen LogP contribution in [-0.4, -0.2) is 26.3 Å². The van der Waals surface area contributed by atoms with E-state index in [0.717, 1.165) is 43.8 Å². The summed E-state index contributed by atoms with van der Waals surface area (Å²) in [7, 11) is 1.38. The van der Waals surface area contributed by atoms with E-state index in [1.807, 2.05) is 12.1 Å². The number of hydrogen-bond donors (Lipinski definition) is 0. The molecule has 0 saturated heterocycles. The average Bonchev–Trinajstić information content (AvgIpc) is 2.75. The second-order valence-electron chi connectivity index (χ2n) is 6.63. The Hall–Kier alpha value is -2.02. The zero-order valence-electron chi connectivity index (χ0n) is 16.9. The lowest BCUT2D eigenvalue weighted by Crippen LogP contribution is -2.01. The van der Waals surface area contributed by atoms with Crippen molar-refractivity contribution >= 4 is 28.6 Å². The maximum Gasteiger partial charge on any atom is 0.337 e. The third-order valence-corrected chi connectivity index (χ3v) is 5.04. The van der Waals surface area contributed by atoms with Crippen molar-refractivity contribution in [1.82, 2.24) is 0 Å². The van der Waals surface area contributed by atoms with Crippen LogP contribution in [0.4, 0.5) is 0 Å². The first kappa shape index (κ1) is 23.3. The van der Waals surface area contributed by atoms with Crippen LogP contribution in [-0.2, 0) is 4.74 Å². The monoisotopic (exact) mass is 508 g/mol. The highest BCUT2D eigenvalue weighted by atomic mass is 127. The predicted octanol–water partition coefficient (Wildman–Crippen LogP) is 6.43. The Kier molecular flexibility index (Phi) is 11.3. The zero-order chi connectivity index (χ0) is 20.7. The lowest BCUT2D eigenvalue weighted by Gasteiger charge is -2.06. The summed E-state index contributed by atoms with van der Waals surface area (Å²) in [5, 5.41) is 0. The van der Waals surface area contributed by atoms with Gasteiger partial charge in [-0.25, -0.2) is 4.79 Å². The molecule has 0 bridgehead atoms. The molecule has 0 fully saturated rings. The minimum Gasteiger partial charge on any atom is -0.494 e. The van der Waals surface area contributed by atoms with E-state index in [9.17, 15) is 4.79 Å². The molecule has 0 aliphatic rings. The van der Waals surface area contributed by atoms with Gasteiger partial charge >= 0.3 is 5.97 Å². The van der Waals surface area contributed by atoms with Gasteiger partial charge in [0.05, 0.1) is 25.9 Å². The first-order valence-electron chi connectivity index (χ1n) is 10.0. The molecule has 0 radical (unpaired) electrons. The highest BCUT2D eigenvalue weighted by molar-refractivity contribution is 14.1. The number of esters is 1. The summed E-state index contributed by atoms with van der Waals surface area (Å²) in [5.41, 5.74) is 0.532. The largest absolute Gasteiger partial charge is 0.494 e. The molecule has 2 rings (SSSR count). The van der Waals surface area contributed by atoms with Crippen LogP contribution in [0.15, 0.2) is 60.7 Å². The Morgan fingerprint density at radius 3 is 1.97 bits per heavy atom. The minimum atomic E-state index is -0.333. The number of methoxy groups -OCH3 is 1.